The molecule has 224 valence electrons. The zero-order valence-electron chi connectivity index (χ0n) is 24.8. The van der Waals surface area contributed by atoms with Crippen LogP contribution in [0.2, 0.25) is 5.02 Å². The molecule has 1 atom stereocenters. The monoisotopic (exact) mass is 609 g/mol. The number of hydrogen-bond acceptors (Lipinski definition) is 4. The largest absolute Gasteiger partial charge is 0.352 e. The number of nitrogens with zero attached hydrogens (tertiary/aromatic N) is 2. The SMILES string of the molecule is Cc1ccc(S(=O)(=O)N(CC(=O)N(Cc2cccc(Cl)c2)[C@H](C)C(=O)NC2CCCCC2)c2cc(C)cc(C)c2)cc1. The third-order valence-electron chi connectivity index (χ3n) is 7.74. The maximum absolute atomic E-state index is 14.2. The number of nitrogens with one attached hydrogen (secondary N) is 1. The molecule has 42 heavy (non-hydrogen) atoms. The molecule has 0 aromatic heterocycles. The molecular weight excluding hydrogens is 570 g/mol. The van der Waals surface area contributed by atoms with Crippen LogP contribution in [0.5, 0.6) is 0 Å². The van der Waals surface area contributed by atoms with E-state index in [0.29, 0.717) is 10.7 Å². The standard InChI is InChI=1S/C33H40ClN3O4S/c1-23-13-15-31(16-14-23)42(40,41)37(30-18-24(2)17-25(3)19-30)22-32(38)36(21-27-9-8-10-28(34)20-27)26(4)33(39)35-29-11-6-5-7-12-29/h8-10,13-20,26,29H,5-7,11-12,21-22H2,1-4H3,(H,35,39)/t26-/m1/s1. The summed E-state index contributed by atoms with van der Waals surface area (Å²) in [6.45, 7) is 6.98. The van der Waals surface area contributed by atoms with Gasteiger partial charge in [0.2, 0.25) is 11.8 Å². The first-order chi connectivity index (χ1) is 19.9. The Morgan fingerprint density at radius 3 is 2.17 bits per heavy atom. The molecule has 1 aliphatic carbocycles. The number of carbonyl (C=O) groups excluding carboxylic acids is 2. The summed E-state index contributed by atoms with van der Waals surface area (Å²) in [6.07, 6.45) is 5.11. The van der Waals surface area contributed by atoms with Crippen molar-refractivity contribution in [2.45, 2.75) is 83.3 Å². The van der Waals surface area contributed by atoms with Crippen LogP contribution in [0.25, 0.3) is 0 Å². The van der Waals surface area contributed by atoms with Crippen LogP contribution in [0.4, 0.5) is 5.69 Å². The first-order valence-electron chi connectivity index (χ1n) is 14.5. The van der Waals surface area contributed by atoms with Crippen LogP contribution in [0.1, 0.15) is 61.3 Å². The van der Waals surface area contributed by atoms with Crippen LogP contribution in [0.15, 0.2) is 71.6 Å². The number of amides is 2. The van der Waals surface area contributed by atoms with E-state index in [0.717, 1.165) is 58.7 Å². The van der Waals surface area contributed by atoms with Crippen molar-refractivity contribution in [2.75, 3.05) is 10.8 Å². The van der Waals surface area contributed by atoms with Crippen molar-refractivity contribution in [2.24, 2.45) is 0 Å². The Bertz CT molecular complexity index is 1500. The average molecular weight is 610 g/mol. The van der Waals surface area contributed by atoms with Crippen LogP contribution in [0, 0.1) is 20.8 Å². The number of benzene rings is 3. The highest BCUT2D eigenvalue weighted by molar-refractivity contribution is 7.92. The van der Waals surface area contributed by atoms with Gasteiger partial charge in [-0.1, -0.05) is 66.8 Å². The number of anilines is 1. The minimum absolute atomic E-state index is 0.0745. The number of aryl methyl sites for hydroxylation is 3. The van der Waals surface area contributed by atoms with Gasteiger partial charge in [0.1, 0.15) is 12.6 Å². The first-order valence-corrected chi connectivity index (χ1v) is 16.3. The number of rotatable bonds is 10. The van der Waals surface area contributed by atoms with E-state index >= 15 is 0 Å². The van der Waals surface area contributed by atoms with E-state index in [4.69, 9.17) is 11.6 Å². The fourth-order valence-corrected chi connectivity index (χ4v) is 7.05. The molecule has 0 aliphatic heterocycles. The Hall–Kier alpha value is -3.36. The molecule has 0 heterocycles. The summed E-state index contributed by atoms with van der Waals surface area (Å²) < 4.78 is 29.3. The summed E-state index contributed by atoms with van der Waals surface area (Å²) in [7, 11) is -4.12. The van der Waals surface area contributed by atoms with E-state index in [-0.39, 0.29) is 23.4 Å². The Kier molecular flexibility index (Phi) is 10.3. The van der Waals surface area contributed by atoms with Crippen molar-refractivity contribution in [1.82, 2.24) is 10.2 Å². The summed E-state index contributed by atoms with van der Waals surface area (Å²) in [6, 6.07) is 18.4. The van der Waals surface area contributed by atoms with Crippen LogP contribution in [-0.2, 0) is 26.2 Å². The van der Waals surface area contributed by atoms with Gasteiger partial charge in [-0.25, -0.2) is 8.42 Å². The highest BCUT2D eigenvalue weighted by Gasteiger charge is 2.33. The van der Waals surface area contributed by atoms with Gasteiger partial charge < -0.3 is 10.2 Å². The highest BCUT2D eigenvalue weighted by atomic mass is 35.5. The van der Waals surface area contributed by atoms with Gasteiger partial charge in [0.25, 0.3) is 10.0 Å². The second-order valence-electron chi connectivity index (χ2n) is 11.3. The molecular formula is C33H40ClN3O4S. The van der Waals surface area contributed by atoms with Crippen LogP contribution in [-0.4, -0.2) is 43.8 Å². The molecule has 0 bridgehead atoms. The van der Waals surface area contributed by atoms with Gasteiger partial charge in [-0.05, 0) is 93.6 Å². The molecule has 0 spiro atoms. The predicted molar refractivity (Wildman–Crippen MR) is 168 cm³/mol. The Morgan fingerprint density at radius 1 is 0.905 bits per heavy atom. The Labute approximate surface area is 254 Å². The minimum atomic E-state index is -4.12. The Balaban J connectivity index is 1.70. The van der Waals surface area contributed by atoms with Crippen molar-refractivity contribution in [3.63, 3.8) is 0 Å². The second-order valence-corrected chi connectivity index (χ2v) is 13.6. The molecule has 4 rings (SSSR count). The van der Waals surface area contributed by atoms with Gasteiger partial charge >= 0.3 is 0 Å². The van der Waals surface area contributed by atoms with Crippen molar-refractivity contribution in [3.05, 3.63) is 94.0 Å². The van der Waals surface area contributed by atoms with Crippen molar-refractivity contribution < 1.29 is 18.0 Å². The molecule has 0 unspecified atom stereocenters. The molecule has 1 N–H and O–H groups in total. The molecule has 9 heteroatoms. The smallest absolute Gasteiger partial charge is 0.264 e. The van der Waals surface area contributed by atoms with Gasteiger partial charge in [0.05, 0.1) is 10.6 Å². The van der Waals surface area contributed by atoms with Gasteiger partial charge in [0, 0.05) is 17.6 Å². The van der Waals surface area contributed by atoms with E-state index in [9.17, 15) is 18.0 Å². The molecule has 7 nitrogen and oxygen atoms in total. The Morgan fingerprint density at radius 2 is 1.55 bits per heavy atom. The number of carbonyl (C=O) groups is 2. The van der Waals surface area contributed by atoms with Gasteiger partial charge in [0.15, 0.2) is 0 Å². The fourth-order valence-electron chi connectivity index (χ4n) is 5.44. The van der Waals surface area contributed by atoms with E-state index in [1.807, 2.05) is 32.9 Å². The lowest BCUT2D eigenvalue weighted by Gasteiger charge is -2.33. The maximum Gasteiger partial charge on any atom is 0.264 e. The highest BCUT2D eigenvalue weighted by Crippen LogP contribution is 2.27. The van der Waals surface area contributed by atoms with Crippen LogP contribution in [0.3, 0.4) is 0 Å². The quantitative estimate of drug-likeness (QED) is 0.291. The van der Waals surface area contributed by atoms with Crippen LogP contribution >= 0.6 is 11.6 Å². The number of halogens is 1. The molecule has 0 saturated heterocycles. The zero-order valence-corrected chi connectivity index (χ0v) is 26.3. The lowest BCUT2D eigenvalue weighted by atomic mass is 9.95. The number of sulfonamides is 1. The summed E-state index contributed by atoms with van der Waals surface area (Å²) >= 11 is 6.24. The lowest BCUT2D eigenvalue weighted by Crippen LogP contribution is -2.53. The third kappa shape index (κ3) is 7.92. The summed E-state index contributed by atoms with van der Waals surface area (Å²) in [5.74, 6) is -0.743. The molecule has 1 aliphatic rings. The normalized spacial score (nSPS) is 14.7. The minimum Gasteiger partial charge on any atom is -0.352 e. The van der Waals surface area contributed by atoms with Crippen molar-refractivity contribution in [3.8, 4) is 0 Å². The first kappa shape index (κ1) is 31.6. The molecule has 3 aromatic carbocycles. The summed E-state index contributed by atoms with van der Waals surface area (Å²) in [4.78, 5) is 29.1. The third-order valence-corrected chi connectivity index (χ3v) is 9.77. The van der Waals surface area contributed by atoms with Crippen molar-refractivity contribution >= 4 is 39.1 Å². The van der Waals surface area contributed by atoms with Gasteiger partial charge in [-0.2, -0.15) is 0 Å². The van der Waals surface area contributed by atoms with E-state index < -0.39 is 28.5 Å². The van der Waals surface area contributed by atoms with Crippen molar-refractivity contribution in [1.29, 1.82) is 0 Å². The average Bonchev–Trinajstić information content (AvgIpc) is 2.94. The molecule has 1 saturated carbocycles. The van der Waals surface area contributed by atoms with E-state index in [2.05, 4.69) is 5.32 Å². The second kappa shape index (κ2) is 13.7. The topological polar surface area (TPSA) is 86.8 Å². The summed E-state index contributed by atoms with van der Waals surface area (Å²) in [5.41, 5.74) is 3.81. The molecule has 1 fully saturated rings. The predicted octanol–water partition coefficient (Wildman–Crippen LogP) is 6.33. The van der Waals surface area contributed by atoms with E-state index in [1.165, 1.54) is 4.90 Å². The van der Waals surface area contributed by atoms with Gasteiger partial charge in [-0.3, -0.25) is 13.9 Å². The fraction of sp³-hybridized carbons (Fsp3) is 0.394. The maximum atomic E-state index is 14.2. The molecule has 2 amide bonds. The zero-order chi connectivity index (χ0) is 30.4. The number of hydrogen-bond donors (Lipinski definition) is 1. The summed E-state index contributed by atoms with van der Waals surface area (Å²) in [5, 5.41) is 3.63. The van der Waals surface area contributed by atoms with Crippen LogP contribution < -0.4 is 9.62 Å². The molecule has 3 aromatic rings. The van der Waals surface area contributed by atoms with Gasteiger partial charge in [-0.15, -0.1) is 0 Å². The van der Waals surface area contributed by atoms with E-state index in [1.54, 1.807) is 61.5 Å². The lowest BCUT2D eigenvalue weighted by molar-refractivity contribution is -0.139. The molecule has 0 radical (unpaired) electrons.